The minimum atomic E-state index is -0.990. The third-order valence-electron chi connectivity index (χ3n) is 3.74. The van der Waals surface area contributed by atoms with E-state index < -0.39 is 5.54 Å². The molecule has 1 aliphatic heterocycles. The van der Waals surface area contributed by atoms with Gasteiger partial charge in [-0.15, -0.1) is 0 Å². The fraction of sp³-hybridized carbons (Fsp3) is 0.176. The van der Waals surface area contributed by atoms with Crippen molar-refractivity contribution >= 4 is 33.2 Å². The van der Waals surface area contributed by atoms with Crippen molar-refractivity contribution < 1.29 is 9.59 Å². The molecule has 1 atom stereocenters. The van der Waals surface area contributed by atoms with E-state index in [9.17, 15) is 9.59 Å². The van der Waals surface area contributed by atoms with E-state index in [1.807, 2.05) is 42.5 Å². The summed E-state index contributed by atoms with van der Waals surface area (Å²) in [6.07, 6.45) is 0.141. The first-order chi connectivity index (χ1) is 10.0. The summed E-state index contributed by atoms with van der Waals surface area (Å²) >= 11 is 3.39. The maximum Gasteiger partial charge on any atom is 0.195 e. The molecule has 2 aromatic carbocycles. The quantitative estimate of drug-likeness (QED) is 0.918. The summed E-state index contributed by atoms with van der Waals surface area (Å²) in [6.45, 7) is 1.51. The summed E-state index contributed by atoms with van der Waals surface area (Å²) in [4.78, 5) is 24.7. The Balaban J connectivity index is 2.16. The average molecular weight is 344 g/mol. The average Bonchev–Trinajstić information content (AvgIpc) is 2.73. The van der Waals surface area contributed by atoms with Crippen LogP contribution in [0.2, 0.25) is 0 Å². The van der Waals surface area contributed by atoms with Crippen molar-refractivity contribution in [2.75, 3.05) is 5.32 Å². The Morgan fingerprint density at radius 1 is 1.19 bits per heavy atom. The Bertz CT molecular complexity index is 727. The highest BCUT2D eigenvalue weighted by atomic mass is 79.9. The van der Waals surface area contributed by atoms with Crippen LogP contribution in [0.4, 0.5) is 5.69 Å². The fourth-order valence-electron chi connectivity index (χ4n) is 2.86. The predicted molar refractivity (Wildman–Crippen MR) is 85.5 cm³/mol. The minimum Gasteiger partial charge on any atom is -0.368 e. The first-order valence-corrected chi connectivity index (χ1v) is 7.50. The van der Waals surface area contributed by atoms with Gasteiger partial charge in [-0.25, -0.2) is 0 Å². The lowest BCUT2D eigenvalue weighted by molar-refractivity contribution is -0.117. The molecule has 0 aliphatic carbocycles. The van der Waals surface area contributed by atoms with Gasteiger partial charge in [0.15, 0.2) is 5.78 Å². The van der Waals surface area contributed by atoms with E-state index >= 15 is 0 Å². The standard InChI is InChI=1S/C17H14BrNO2/c1-11(20)10-17(12-5-3-2-4-6-12)16(21)14-9-13(18)7-8-15(14)19-17/h2-9,19H,10H2,1H3/t17-/m0/s1. The molecule has 106 valence electrons. The van der Waals surface area contributed by atoms with E-state index in [1.54, 1.807) is 6.07 Å². The van der Waals surface area contributed by atoms with Crippen LogP contribution in [0.5, 0.6) is 0 Å². The molecule has 3 rings (SSSR count). The first-order valence-electron chi connectivity index (χ1n) is 6.70. The van der Waals surface area contributed by atoms with Crippen LogP contribution in [0, 0.1) is 0 Å². The maximum atomic E-state index is 13.0. The van der Waals surface area contributed by atoms with Gasteiger partial charge in [-0.1, -0.05) is 46.3 Å². The van der Waals surface area contributed by atoms with E-state index in [-0.39, 0.29) is 18.0 Å². The Labute approximate surface area is 131 Å². The highest BCUT2D eigenvalue weighted by Crippen LogP contribution is 2.42. The van der Waals surface area contributed by atoms with Crippen molar-refractivity contribution in [2.24, 2.45) is 0 Å². The summed E-state index contributed by atoms with van der Waals surface area (Å²) in [5, 5.41) is 3.28. The van der Waals surface area contributed by atoms with E-state index in [1.165, 1.54) is 6.92 Å². The van der Waals surface area contributed by atoms with Gasteiger partial charge in [0.1, 0.15) is 11.3 Å². The second-order valence-corrected chi connectivity index (χ2v) is 6.21. The lowest BCUT2D eigenvalue weighted by Crippen LogP contribution is -2.40. The molecule has 0 bridgehead atoms. The van der Waals surface area contributed by atoms with Gasteiger partial charge in [-0.05, 0) is 30.7 Å². The minimum absolute atomic E-state index is 0.0217. The van der Waals surface area contributed by atoms with E-state index in [0.29, 0.717) is 5.56 Å². The molecule has 1 heterocycles. The van der Waals surface area contributed by atoms with Gasteiger partial charge in [0, 0.05) is 22.1 Å². The highest BCUT2D eigenvalue weighted by molar-refractivity contribution is 9.10. The van der Waals surface area contributed by atoms with Gasteiger partial charge >= 0.3 is 0 Å². The Kier molecular flexibility index (Phi) is 3.41. The van der Waals surface area contributed by atoms with Crippen molar-refractivity contribution in [3.63, 3.8) is 0 Å². The molecule has 2 aromatic rings. The second-order valence-electron chi connectivity index (χ2n) is 5.29. The molecule has 3 nitrogen and oxygen atoms in total. The van der Waals surface area contributed by atoms with Gasteiger partial charge in [-0.2, -0.15) is 0 Å². The van der Waals surface area contributed by atoms with Crippen LogP contribution in [0.3, 0.4) is 0 Å². The molecule has 0 saturated carbocycles. The molecule has 0 saturated heterocycles. The van der Waals surface area contributed by atoms with E-state index in [4.69, 9.17) is 0 Å². The molecule has 4 heteroatoms. The zero-order valence-electron chi connectivity index (χ0n) is 11.5. The number of benzene rings is 2. The number of nitrogens with one attached hydrogen (secondary N) is 1. The van der Waals surface area contributed by atoms with Crippen LogP contribution in [0.25, 0.3) is 0 Å². The van der Waals surface area contributed by atoms with Gasteiger partial charge < -0.3 is 5.32 Å². The van der Waals surface area contributed by atoms with Crippen LogP contribution in [-0.4, -0.2) is 11.6 Å². The molecule has 0 spiro atoms. The summed E-state index contributed by atoms with van der Waals surface area (Å²) < 4.78 is 0.850. The molecule has 0 aromatic heterocycles. The molecule has 1 N–H and O–H groups in total. The molecule has 1 aliphatic rings. The van der Waals surface area contributed by atoms with Gasteiger partial charge in [-0.3, -0.25) is 9.59 Å². The molecule has 0 unspecified atom stereocenters. The number of hydrogen-bond acceptors (Lipinski definition) is 3. The summed E-state index contributed by atoms with van der Waals surface area (Å²) in [5.41, 5.74) is 1.22. The molecule has 0 fully saturated rings. The number of ketones is 2. The SMILES string of the molecule is CC(=O)C[C@@]1(c2ccccc2)Nc2ccc(Br)cc2C1=O. The number of carbonyl (C=O) groups excluding carboxylic acids is 2. The topological polar surface area (TPSA) is 46.2 Å². The van der Waals surface area contributed by atoms with Gasteiger partial charge in [0.05, 0.1) is 0 Å². The summed E-state index contributed by atoms with van der Waals surface area (Å²) in [7, 11) is 0. The maximum absolute atomic E-state index is 13.0. The molecule has 0 radical (unpaired) electrons. The van der Waals surface area contributed by atoms with Crippen LogP contribution >= 0.6 is 15.9 Å². The molecular formula is C17H14BrNO2. The third kappa shape index (κ3) is 2.29. The predicted octanol–water partition coefficient (Wildman–Crippen LogP) is 3.93. The van der Waals surface area contributed by atoms with Crippen LogP contribution in [-0.2, 0) is 10.3 Å². The Hall–Kier alpha value is -1.94. The number of hydrogen-bond donors (Lipinski definition) is 1. The van der Waals surface area contributed by atoms with Crippen molar-refractivity contribution in [3.05, 3.63) is 64.1 Å². The number of fused-ring (bicyclic) bond motifs is 1. The van der Waals surface area contributed by atoms with Crippen molar-refractivity contribution in [1.82, 2.24) is 0 Å². The fourth-order valence-corrected chi connectivity index (χ4v) is 3.22. The normalized spacial score (nSPS) is 20.0. The van der Waals surface area contributed by atoms with E-state index in [0.717, 1.165) is 15.7 Å². The monoisotopic (exact) mass is 343 g/mol. The zero-order chi connectivity index (χ0) is 15.0. The van der Waals surface area contributed by atoms with Crippen molar-refractivity contribution in [1.29, 1.82) is 0 Å². The van der Waals surface area contributed by atoms with Gasteiger partial charge in [0.25, 0.3) is 0 Å². The molecule has 21 heavy (non-hydrogen) atoms. The molecular weight excluding hydrogens is 330 g/mol. The third-order valence-corrected chi connectivity index (χ3v) is 4.24. The number of anilines is 1. The lowest BCUT2D eigenvalue weighted by Gasteiger charge is -2.28. The number of Topliss-reactive ketones (excluding diaryl/α,β-unsaturated/α-hetero) is 2. The molecule has 0 amide bonds. The first kappa shape index (κ1) is 14.0. The Morgan fingerprint density at radius 3 is 2.57 bits per heavy atom. The van der Waals surface area contributed by atoms with Gasteiger partial charge in [0.2, 0.25) is 0 Å². The number of halogens is 1. The smallest absolute Gasteiger partial charge is 0.195 e. The Morgan fingerprint density at radius 2 is 1.90 bits per heavy atom. The van der Waals surface area contributed by atoms with E-state index in [2.05, 4.69) is 21.2 Å². The van der Waals surface area contributed by atoms with Crippen LogP contribution < -0.4 is 5.32 Å². The number of carbonyl (C=O) groups is 2. The van der Waals surface area contributed by atoms with Crippen LogP contribution in [0.1, 0.15) is 29.3 Å². The zero-order valence-corrected chi connectivity index (χ0v) is 13.1. The summed E-state index contributed by atoms with van der Waals surface area (Å²) in [6, 6.07) is 15.0. The van der Waals surface area contributed by atoms with Crippen molar-refractivity contribution in [3.8, 4) is 0 Å². The largest absolute Gasteiger partial charge is 0.368 e. The number of rotatable bonds is 3. The lowest BCUT2D eigenvalue weighted by atomic mass is 9.82. The van der Waals surface area contributed by atoms with Crippen LogP contribution in [0.15, 0.2) is 53.0 Å². The second kappa shape index (κ2) is 5.11. The highest BCUT2D eigenvalue weighted by Gasteiger charge is 2.47. The van der Waals surface area contributed by atoms with Crippen molar-refractivity contribution in [2.45, 2.75) is 18.9 Å². The summed E-state index contributed by atoms with van der Waals surface area (Å²) in [5.74, 6) is -0.0771.